The Labute approximate surface area is 144 Å². The maximum Gasteiger partial charge on any atom is 0.241 e. The Morgan fingerprint density at radius 1 is 1.12 bits per heavy atom. The predicted octanol–water partition coefficient (Wildman–Crippen LogP) is 3.55. The molecule has 1 aliphatic rings. The molecule has 1 aromatic carbocycles. The fraction of sp³-hybridized carbons (Fsp3) is 0.579. The molecular formula is C19H29N3O2. The predicted molar refractivity (Wildman–Crippen MR) is 98.2 cm³/mol. The molecule has 1 fully saturated rings. The van der Waals surface area contributed by atoms with E-state index in [0.29, 0.717) is 12.1 Å². The van der Waals surface area contributed by atoms with Gasteiger partial charge in [-0.15, -0.1) is 0 Å². The van der Waals surface area contributed by atoms with Crippen molar-refractivity contribution < 1.29 is 9.59 Å². The van der Waals surface area contributed by atoms with Gasteiger partial charge in [0.2, 0.25) is 11.8 Å². The summed E-state index contributed by atoms with van der Waals surface area (Å²) in [6.45, 7) is 7.71. The first-order chi connectivity index (χ1) is 11.5. The Morgan fingerprint density at radius 2 is 1.79 bits per heavy atom. The molecule has 1 aromatic rings. The van der Waals surface area contributed by atoms with Gasteiger partial charge in [0.15, 0.2) is 0 Å². The summed E-state index contributed by atoms with van der Waals surface area (Å²) in [6, 6.07) is 5.46. The Hall–Kier alpha value is -1.88. The topological polar surface area (TPSA) is 61.4 Å². The van der Waals surface area contributed by atoms with Gasteiger partial charge in [-0.05, 0) is 57.5 Å². The number of carbonyl (C=O) groups excluding carboxylic acids is 2. The largest absolute Gasteiger partial charge is 0.326 e. The molecule has 5 heteroatoms. The van der Waals surface area contributed by atoms with E-state index in [9.17, 15) is 9.59 Å². The minimum Gasteiger partial charge on any atom is -0.326 e. The van der Waals surface area contributed by atoms with Gasteiger partial charge in [0.1, 0.15) is 0 Å². The van der Waals surface area contributed by atoms with Gasteiger partial charge in [-0.2, -0.15) is 0 Å². The summed E-state index contributed by atoms with van der Waals surface area (Å²) >= 11 is 0. The number of aryl methyl sites for hydroxylation is 1. The highest BCUT2D eigenvalue weighted by atomic mass is 16.2. The van der Waals surface area contributed by atoms with Crippen LogP contribution in [0.25, 0.3) is 0 Å². The first-order valence-electron chi connectivity index (χ1n) is 8.96. The van der Waals surface area contributed by atoms with Crippen molar-refractivity contribution in [1.29, 1.82) is 0 Å². The normalized spacial score (nSPS) is 17.0. The maximum atomic E-state index is 12.6. The number of carbonyl (C=O) groups is 2. The fourth-order valence-electron chi connectivity index (χ4n) is 2.97. The van der Waals surface area contributed by atoms with Crippen LogP contribution >= 0.6 is 0 Å². The van der Waals surface area contributed by atoms with Crippen molar-refractivity contribution in [2.75, 3.05) is 23.7 Å². The Morgan fingerprint density at radius 3 is 2.42 bits per heavy atom. The van der Waals surface area contributed by atoms with Crippen molar-refractivity contribution in [2.24, 2.45) is 0 Å². The molecule has 5 nitrogen and oxygen atoms in total. The Bertz CT molecular complexity index is 578. The van der Waals surface area contributed by atoms with Crippen LogP contribution in [0.1, 0.15) is 51.5 Å². The lowest BCUT2D eigenvalue weighted by atomic mass is 10.1. The molecule has 132 valence electrons. The molecule has 0 spiro atoms. The number of likely N-dealkylation sites (tertiary alicyclic amines) is 1. The second-order valence-corrected chi connectivity index (χ2v) is 6.55. The summed E-state index contributed by atoms with van der Waals surface area (Å²) < 4.78 is 0. The van der Waals surface area contributed by atoms with Crippen LogP contribution in [-0.2, 0) is 9.59 Å². The van der Waals surface area contributed by atoms with Crippen LogP contribution in [0.2, 0.25) is 0 Å². The summed E-state index contributed by atoms with van der Waals surface area (Å²) in [5.74, 6) is -0.0203. The molecule has 0 bridgehead atoms. The van der Waals surface area contributed by atoms with E-state index < -0.39 is 0 Å². The number of nitrogens with one attached hydrogen (secondary N) is 2. The van der Waals surface area contributed by atoms with E-state index in [-0.39, 0.29) is 17.9 Å². The molecule has 0 aromatic heterocycles. The summed E-state index contributed by atoms with van der Waals surface area (Å²) in [5.41, 5.74) is 2.46. The smallest absolute Gasteiger partial charge is 0.241 e. The van der Waals surface area contributed by atoms with Gasteiger partial charge < -0.3 is 10.6 Å². The molecule has 1 saturated heterocycles. The Balaban J connectivity index is 2.04. The van der Waals surface area contributed by atoms with Gasteiger partial charge >= 0.3 is 0 Å². The molecule has 0 aliphatic carbocycles. The molecule has 2 N–H and O–H groups in total. The Kier molecular flexibility index (Phi) is 6.79. The van der Waals surface area contributed by atoms with Crippen LogP contribution in [0.15, 0.2) is 18.2 Å². The van der Waals surface area contributed by atoms with Crippen molar-refractivity contribution >= 4 is 23.2 Å². The summed E-state index contributed by atoms with van der Waals surface area (Å²) in [6.07, 6.45) is 5.26. The number of nitrogens with zero attached hydrogens (tertiary/aromatic N) is 1. The maximum absolute atomic E-state index is 12.6. The van der Waals surface area contributed by atoms with Crippen molar-refractivity contribution in [2.45, 2.75) is 58.9 Å². The van der Waals surface area contributed by atoms with Crippen LogP contribution in [0, 0.1) is 6.92 Å². The van der Waals surface area contributed by atoms with Gasteiger partial charge in [-0.1, -0.05) is 25.8 Å². The number of anilines is 2. The molecule has 2 rings (SSSR count). The summed E-state index contributed by atoms with van der Waals surface area (Å²) in [5, 5.41) is 5.86. The number of amides is 2. The second kappa shape index (κ2) is 8.83. The van der Waals surface area contributed by atoms with Crippen LogP contribution in [0.3, 0.4) is 0 Å². The monoisotopic (exact) mass is 331 g/mol. The van der Waals surface area contributed by atoms with E-state index in [1.54, 1.807) is 0 Å². The first-order valence-corrected chi connectivity index (χ1v) is 8.96. The minimum absolute atomic E-state index is 0.0129. The third-order valence-electron chi connectivity index (χ3n) is 4.67. The number of benzene rings is 1. The number of hydrogen-bond acceptors (Lipinski definition) is 3. The van der Waals surface area contributed by atoms with E-state index in [4.69, 9.17) is 0 Å². The van der Waals surface area contributed by atoms with Crippen molar-refractivity contribution in [3.05, 3.63) is 23.8 Å². The lowest BCUT2D eigenvalue weighted by Gasteiger charge is -2.26. The zero-order chi connectivity index (χ0) is 17.5. The van der Waals surface area contributed by atoms with Gasteiger partial charge in [0.05, 0.1) is 6.04 Å². The molecule has 0 saturated carbocycles. The highest BCUT2D eigenvalue weighted by Gasteiger charge is 2.22. The van der Waals surface area contributed by atoms with E-state index in [1.807, 2.05) is 39.0 Å². The molecule has 0 unspecified atom stereocenters. The lowest BCUT2D eigenvalue weighted by Crippen LogP contribution is -2.42. The average molecular weight is 331 g/mol. The van der Waals surface area contributed by atoms with E-state index >= 15 is 0 Å². The third kappa shape index (κ3) is 5.06. The van der Waals surface area contributed by atoms with Crippen molar-refractivity contribution in [3.63, 3.8) is 0 Å². The van der Waals surface area contributed by atoms with Gasteiger partial charge in [0, 0.05) is 17.8 Å². The number of rotatable bonds is 5. The van der Waals surface area contributed by atoms with Crippen molar-refractivity contribution in [1.82, 2.24) is 4.90 Å². The quantitative estimate of drug-likeness (QED) is 0.867. The summed E-state index contributed by atoms with van der Waals surface area (Å²) in [4.78, 5) is 26.4. The van der Waals surface area contributed by atoms with Crippen LogP contribution in [0.4, 0.5) is 11.4 Å². The fourth-order valence-corrected chi connectivity index (χ4v) is 2.97. The van der Waals surface area contributed by atoms with E-state index in [0.717, 1.165) is 37.2 Å². The molecule has 0 radical (unpaired) electrons. The highest BCUT2D eigenvalue weighted by Crippen LogP contribution is 2.21. The van der Waals surface area contributed by atoms with E-state index in [2.05, 4.69) is 15.5 Å². The first kappa shape index (κ1) is 18.5. The molecule has 1 atom stereocenters. The van der Waals surface area contributed by atoms with Gasteiger partial charge in [0.25, 0.3) is 0 Å². The second-order valence-electron chi connectivity index (χ2n) is 6.55. The van der Waals surface area contributed by atoms with Crippen molar-refractivity contribution in [3.8, 4) is 0 Å². The zero-order valence-electron chi connectivity index (χ0n) is 15.0. The summed E-state index contributed by atoms with van der Waals surface area (Å²) in [7, 11) is 0. The van der Waals surface area contributed by atoms with E-state index in [1.165, 1.54) is 12.8 Å². The standard InChI is InChI=1S/C19H29N3O2/c1-4-18(23)20-16-10-9-14(2)17(13-16)21-19(24)15(3)22-11-7-5-6-8-12-22/h9-10,13,15H,4-8,11-12H2,1-3H3,(H,20,23)(H,21,24)/t15-/m1/s1. The number of hydrogen-bond donors (Lipinski definition) is 2. The van der Waals surface area contributed by atoms with Crippen LogP contribution in [-0.4, -0.2) is 35.8 Å². The highest BCUT2D eigenvalue weighted by molar-refractivity contribution is 5.97. The van der Waals surface area contributed by atoms with Crippen LogP contribution in [0.5, 0.6) is 0 Å². The molecule has 1 heterocycles. The SMILES string of the molecule is CCC(=O)Nc1ccc(C)c(NC(=O)[C@@H](C)N2CCCCCC2)c1. The van der Waals surface area contributed by atoms with Crippen LogP contribution < -0.4 is 10.6 Å². The molecular weight excluding hydrogens is 302 g/mol. The lowest BCUT2D eigenvalue weighted by molar-refractivity contribution is -0.120. The molecule has 2 amide bonds. The van der Waals surface area contributed by atoms with Gasteiger partial charge in [-0.25, -0.2) is 0 Å². The third-order valence-corrected chi connectivity index (χ3v) is 4.67. The average Bonchev–Trinajstić information content (AvgIpc) is 2.86. The zero-order valence-corrected chi connectivity index (χ0v) is 15.0. The minimum atomic E-state index is -0.142. The van der Waals surface area contributed by atoms with Gasteiger partial charge in [-0.3, -0.25) is 14.5 Å². The molecule has 24 heavy (non-hydrogen) atoms. The molecule has 1 aliphatic heterocycles.